The molecule has 0 bridgehead atoms. The van der Waals surface area contributed by atoms with Gasteiger partial charge < -0.3 is 15.4 Å². The summed E-state index contributed by atoms with van der Waals surface area (Å²) in [6.07, 6.45) is 0. The second-order valence-corrected chi connectivity index (χ2v) is 5.22. The van der Waals surface area contributed by atoms with E-state index in [4.69, 9.17) is 10.5 Å². The molecule has 106 valence electrons. The van der Waals surface area contributed by atoms with Gasteiger partial charge in [-0.05, 0) is 33.8 Å². The van der Waals surface area contributed by atoms with Gasteiger partial charge in [-0.15, -0.1) is 0 Å². The first-order valence-corrected chi connectivity index (χ1v) is 6.57. The van der Waals surface area contributed by atoms with Crippen LogP contribution in [0.2, 0.25) is 0 Å². The van der Waals surface area contributed by atoms with Crippen molar-refractivity contribution in [2.45, 2.75) is 39.8 Å². The molecule has 1 rings (SSSR count). The molecule has 0 heterocycles. The Balaban J connectivity index is 2.75. The quantitative estimate of drug-likeness (QED) is 0.887. The molecule has 0 aromatic heterocycles. The molecule has 1 atom stereocenters. The first-order chi connectivity index (χ1) is 8.82. The molecule has 1 amide bonds. The maximum atomic E-state index is 11.9. The number of aryl methyl sites for hydroxylation is 1. The second-order valence-electron chi connectivity index (χ2n) is 5.22. The molecule has 0 aliphatic heterocycles. The fourth-order valence-electron chi connectivity index (χ4n) is 1.68. The van der Waals surface area contributed by atoms with Crippen molar-refractivity contribution in [3.05, 3.63) is 29.3 Å². The molecular formula is C15H24N2O2. The lowest BCUT2D eigenvalue weighted by atomic mass is 10.1. The van der Waals surface area contributed by atoms with E-state index in [0.29, 0.717) is 5.75 Å². The average Bonchev–Trinajstić information content (AvgIpc) is 2.35. The number of nitrogens with two attached hydrogens (primary N) is 1. The first-order valence-electron chi connectivity index (χ1n) is 6.57. The van der Waals surface area contributed by atoms with E-state index in [9.17, 15) is 4.79 Å². The van der Waals surface area contributed by atoms with Crippen LogP contribution in [0.25, 0.3) is 0 Å². The molecule has 2 N–H and O–H groups in total. The summed E-state index contributed by atoms with van der Waals surface area (Å²) in [4.78, 5) is 13.5. The highest BCUT2D eigenvalue weighted by Crippen LogP contribution is 2.25. The summed E-state index contributed by atoms with van der Waals surface area (Å²) < 4.78 is 5.62. The summed E-state index contributed by atoms with van der Waals surface area (Å²) in [5.41, 5.74) is 7.98. The molecule has 4 nitrogen and oxygen atoms in total. The molecule has 0 radical (unpaired) electrons. The Hall–Kier alpha value is -1.55. The minimum atomic E-state index is -0.118. The maximum absolute atomic E-state index is 11.9. The summed E-state index contributed by atoms with van der Waals surface area (Å²) in [6.45, 7) is 7.89. The summed E-state index contributed by atoms with van der Waals surface area (Å²) in [7, 11) is 1.78. The molecule has 0 unspecified atom stereocenters. The maximum Gasteiger partial charge on any atom is 0.260 e. The van der Waals surface area contributed by atoms with Crippen LogP contribution >= 0.6 is 0 Å². The Labute approximate surface area is 115 Å². The zero-order chi connectivity index (χ0) is 14.6. The minimum absolute atomic E-state index is 0.0359. The number of rotatable bonds is 5. The van der Waals surface area contributed by atoms with Gasteiger partial charge >= 0.3 is 0 Å². The number of carbonyl (C=O) groups is 1. The predicted molar refractivity (Wildman–Crippen MR) is 77.2 cm³/mol. The lowest BCUT2D eigenvalue weighted by Gasteiger charge is -2.22. The summed E-state index contributed by atoms with van der Waals surface area (Å²) in [5, 5.41) is 0. The zero-order valence-electron chi connectivity index (χ0n) is 12.4. The number of amides is 1. The van der Waals surface area contributed by atoms with E-state index in [1.165, 1.54) is 0 Å². The molecular weight excluding hydrogens is 240 g/mol. The number of likely N-dealkylation sites (N-methyl/N-ethyl adjacent to an activating group) is 1. The van der Waals surface area contributed by atoms with Crippen molar-refractivity contribution in [3.8, 4) is 5.75 Å². The van der Waals surface area contributed by atoms with Crippen molar-refractivity contribution in [3.63, 3.8) is 0 Å². The van der Waals surface area contributed by atoms with E-state index < -0.39 is 0 Å². The first kappa shape index (κ1) is 15.5. The van der Waals surface area contributed by atoms with E-state index in [1.807, 2.05) is 45.9 Å². The van der Waals surface area contributed by atoms with Gasteiger partial charge in [0.05, 0.1) is 0 Å². The third-order valence-electron chi connectivity index (χ3n) is 3.17. The van der Waals surface area contributed by atoms with Gasteiger partial charge in [-0.2, -0.15) is 0 Å². The summed E-state index contributed by atoms with van der Waals surface area (Å²) in [6, 6.07) is 5.88. The van der Waals surface area contributed by atoms with Crippen LogP contribution < -0.4 is 10.5 Å². The van der Waals surface area contributed by atoms with Crippen molar-refractivity contribution in [1.82, 2.24) is 4.90 Å². The molecule has 0 saturated carbocycles. The van der Waals surface area contributed by atoms with Gasteiger partial charge in [-0.25, -0.2) is 0 Å². The van der Waals surface area contributed by atoms with E-state index in [1.54, 1.807) is 11.9 Å². The van der Waals surface area contributed by atoms with Gasteiger partial charge in [-0.3, -0.25) is 4.79 Å². The Bertz CT molecular complexity index is 442. The SMILES string of the molecule is Cc1ccc(OCC(=O)N(C)C(C)C)c([C@@H](C)N)c1. The number of nitrogens with zero attached hydrogens (tertiary/aromatic N) is 1. The van der Waals surface area contributed by atoms with Gasteiger partial charge in [0.1, 0.15) is 5.75 Å². The molecule has 0 saturated heterocycles. The fourth-order valence-corrected chi connectivity index (χ4v) is 1.68. The smallest absolute Gasteiger partial charge is 0.260 e. The fraction of sp³-hybridized carbons (Fsp3) is 0.533. The average molecular weight is 264 g/mol. The lowest BCUT2D eigenvalue weighted by Crippen LogP contribution is -2.36. The third kappa shape index (κ3) is 4.24. The van der Waals surface area contributed by atoms with Crippen LogP contribution in [0.4, 0.5) is 0 Å². The van der Waals surface area contributed by atoms with Crippen molar-refractivity contribution in [2.75, 3.05) is 13.7 Å². The molecule has 19 heavy (non-hydrogen) atoms. The van der Waals surface area contributed by atoms with Crippen molar-refractivity contribution in [2.24, 2.45) is 5.73 Å². The van der Waals surface area contributed by atoms with E-state index in [0.717, 1.165) is 11.1 Å². The van der Waals surface area contributed by atoms with Crippen LogP contribution in [0.15, 0.2) is 18.2 Å². The van der Waals surface area contributed by atoms with Crippen molar-refractivity contribution in [1.29, 1.82) is 0 Å². The van der Waals surface area contributed by atoms with E-state index >= 15 is 0 Å². The number of hydrogen-bond acceptors (Lipinski definition) is 3. The number of benzene rings is 1. The van der Waals surface area contributed by atoms with Gasteiger partial charge in [0, 0.05) is 24.7 Å². The highest BCUT2D eigenvalue weighted by Gasteiger charge is 2.14. The molecule has 4 heteroatoms. The monoisotopic (exact) mass is 264 g/mol. The lowest BCUT2D eigenvalue weighted by molar-refractivity contribution is -0.133. The highest BCUT2D eigenvalue weighted by molar-refractivity contribution is 5.77. The Morgan fingerprint density at radius 3 is 2.53 bits per heavy atom. The third-order valence-corrected chi connectivity index (χ3v) is 3.17. The molecule has 0 fully saturated rings. The number of ether oxygens (including phenoxy) is 1. The van der Waals surface area contributed by atoms with Crippen LogP contribution in [0.1, 0.15) is 37.9 Å². The zero-order valence-corrected chi connectivity index (χ0v) is 12.4. The molecule has 0 aliphatic rings. The van der Waals surface area contributed by atoms with Gasteiger partial charge in [0.2, 0.25) is 0 Å². The second kappa shape index (κ2) is 6.57. The van der Waals surface area contributed by atoms with Crippen LogP contribution in [0.3, 0.4) is 0 Å². The van der Waals surface area contributed by atoms with Crippen LogP contribution in [-0.2, 0) is 4.79 Å². The molecule has 0 spiro atoms. The standard InChI is InChI=1S/C15H24N2O2/c1-10(2)17(5)15(18)9-19-14-7-6-11(3)8-13(14)12(4)16/h6-8,10,12H,9,16H2,1-5H3/t12-/m1/s1. The number of carbonyl (C=O) groups excluding carboxylic acids is 1. The van der Waals surface area contributed by atoms with Crippen LogP contribution in [0.5, 0.6) is 5.75 Å². The largest absolute Gasteiger partial charge is 0.483 e. The van der Waals surface area contributed by atoms with Crippen LogP contribution in [-0.4, -0.2) is 30.5 Å². The van der Waals surface area contributed by atoms with Gasteiger partial charge in [-0.1, -0.05) is 17.7 Å². The predicted octanol–water partition coefficient (Wildman–Crippen LogP) is 2.26. The molecule has 0 aliphatic carbocycles. The van der Waals surface area contributed by atoms with Crippen molar-refractivity contribution < 1.29 is 9.53 Å². The Morgan fingerprint density at radius 2 is 2.00 bits per heavy atom. The Morgan fingerprint density at radius 1 is 1.37 bits per heavy atom. The Kier molecular flexibility index (Phi) is 5.36. The normalized spacial score (nSPS) is 12.4. The summed E-state index contributed by atoms with van der Waals surface area (Å²) >= 11 is 0. The van der Waals surface area contributed by atoms with Crippen LogP contribution in [0, 0.1) is 6.92 Å². The van der Waals surface area contributed by atoms with E-state index in [-0.39, 0.29) is 24.6 Å². The highest BCUT2D eigenvalue weighted by atomic mass is 16.5. The van der Waals surface area contributed by atoms with Crippen molar-refractivity contribution >= 4 is 5.91 Å². The number of hydrogen-bond donors (Lipinski definition) is 1. The topological polar surface area (TPSA) is 55.6 Å². The minimum Gasteiger partial charge on any atom is -0.483 e. The molecule has 1 aromatic carbocycles. The van der Waals surface area contributed by atoms with Gasteiger partial charge in [0.15, 0.2) is 6.61 Å². The van der Waals surface area contributed by atoms with E-state index in [2.05, 4.69) is 0 Å². The molecule has 1 aromatic rings. The summed E-state index contributed by atoms with van der Waals surface area (Å²) in [5.74, 6) is 0.650. The van der Waals surface area contributed by atoms with Gasteiger partial charge in [0.25, 0.3) is 5.91 Å².